The Balaban J connectivity index is 1.76. The molecule has 0 radical (unpaired) electrons. The second-order valence-electron chi connectivity index (χ2n) is 4.25. The molecule has 0 unspecified atom stereocenters. The number of hydrogen-bond acceptors (Lipinski definition) is 6. The van der Waals surface area contributed by atoms with Gasteiger partial charge in [0, 0.05) is 16.5 Å². The molecule has 0 bridgehead atoms. The fraction of sp³-hybridized carbons (Fsp3) is 0.214. The van der Waals surface area contributed by atoms with E-state index >= 15 is 0 Å². The Kier molecular flexibility index (Phi) is 7.35. The highest BCUT2D eigenvalue weighted by Gasteiger charge is 2.09. The highest BCUT2D eigenvalue weighted by Crippen LogP contribution is 2.25. The predicted octanol–water partition coefficient (Wildman–Crippen LogP) is 4.48. The summed E-state index contributed by atoms with van der Waals surface area (Å²) in [5, 5.41) is 11.3. The standard InChI is InChI=1S/C14H13ClFN3OS3/c1-2-5-22-14-19-18-13(23-14)17-12(20)8-21-7-9-3-4-10(15)6-11(9)16/h2-4,6H,1,5,7-8H2,(H,17,18,20). The second-order valence-corrected chi connectivity index (χ2v) is 7.92. The van der Waals surface area contributed by atoms with Gasteiger partial charge in [-0.2, -0.15) is 0 Å². The summed E-state index contributed by atoms with van der Waals surface area (Å²) in [6.45, 7) is 3.63. The molecule has 0 aliphatic heterocycles. The van der Waals surface area contributed by atoms with Crippen LogP contribution in [0.25, 0.3) is 0 Å². The summed E-state index contributed by atoms with van der Waals surface area (Å²) in [7, 11) is 0. The number of amides is 1. The van der Waals surface area contributed by atoms with Crippen LogP contribution in [0.4, 0.5) is 9.52 Å². The summed E-state index contributed by atoms with van der Waals surface area (Å²) in [4.78, 5) is 11.8. The van der Waals surface area contributed by atoms with E-state index in [4.69, 9.17) is 11.6 Å². The average Bonchev–Trinajstić information content (AvgIpc) is 2.94. The number of carbonyl (C=O) groups excluding carboxylic acids is 1. The van der Waals surface area contributed by atoms with E-state index in [1.54, 1.807) is 18.2 Å². The van der Waals surface area contributed by atoms with Crippen molar-refractivity contribution in [2.24, 2.45) is 0 Å². The van der Waals surface area contributed by atoms with Crippen molar-refractivity contribution < 1.29 is 9.18 Å². The Bertz CT molecular complexity index is 696. The van der Waals surface area contributed by atoms with Crippen LogP contribution >= 0.6 is 46.5 Å². The van der Waals surface area contributed by atoms with Crippen molar-refractivity contribution in [3.05, 3.63) is 47.3 Å². The van der Waals surface area contributed by atoms with E-state index in [0.717, 1.165) is 10.1 Å². The summed E-state index contributed by atoms with van der Waals surface area (Å²) in [6.07, 6.45) is 1.77. The van der Waals surface area contributed by atoms with Gasteiger partial charge in [0.2, 0.25) is 11.0 Å². The Morgan fingerprint density at radius 3 is 3.04 bits per heavy atom. The molecule has 1 amide bonds. The molecular weight excluding hydrogens is 377 g/mol. The largest absolute Gasteiger partial charge is 0.300 e. The lowest BCUT2D eigenvalue weighted by molar-refractivity contribution is -0.113. The Morgan fingerprint density at radius 2 is 2.30 bits per heavy atom. The zero-order valence-corrected chi connectivity index (χ0v) is 15.1. The number of rotatable bonds is 8. The lowest BCUT2D eigenvalue weighted by atomic mass is 10.2. The number of aromatic nitrogens is 2. The van der Waals surface area contributed by atoms with E-state index < -0.39 is 0 Å². The van der Waals surface area contributed by atoms with Crippen molar-refractivity contribution in [2.75, 3.05) is 16.8 Å². The Morgan fingerprint density at radius 1 is 1.48 bits per heavy atom. The lowest BCUT2D eigenvalue weighted by Gasteiger charge is -2.04. The molecule has 0 saturated carbocycles. The molecule has 122 valence electrons. The van der Waals surface area contributed by atoms with Crippen molar-refractivity contribution in [3.8, 4) is 0 Å². The number of halogens is 2. The molecule has 2 aromatic rings. The van der Waals surface area contributed by atoms with Crippen molar-refractivity contribution in [1.82, 2.24) is 10.2 Å². The quantitative estimate of drug-likeness (QED) is 0.410. The maximum atomic E-state index is 13.6. The molecule has 1 N–H and O–H groups in total. The van der Waals surface area contributed by atoms with Gasteiger partial charge in [-0.05, 0) is 17.7 Å². The van der Waals surface area contributed by atoms with E-state index in [0.29, 0.717) is 21.5 Å². The van der Waals surface area contributed by atoms with E-state index in [9.17, 15) is 9.18 Å². The van der Waals surface area contributed by atoms with Gasteiger partial charge in [0.05, 0.1) is 5.75 Å². The number of thioether (sulfide) groups is 2. The van der Waals surface area contributed by atoms with Crippen LogP contribution in [0.2, 0.25) is 5.02 Å². The zero-order valence-electron chi connectivity index (χ0n) is 11.9. The first-order valence-electron chi connectivity index (χ1n) is 6.47. The molecule has 1 aromatic carbocycles. The third-order valence-electron chi connectivity index (χ3n) is 2.48. The normalized spacial score (nSPS) is 10.5. The topological polar surface area (TPSA) is 54.9 Å². The monoisotopic (exact) mass is 389 g/mol. The number of carbonyl (C=O) groups is 1. The highest BCUT2D eigenvalue weighted by atomic mass is 35.5. The summed E-state index contributed by atoms with van der Waals surface area (Å²) >= 11 is 9.83. The van der Waals surface area contributed by atoms with Crippen LogP contribution in [0.5, 0.6) is 0 Å². The van der Waals surface area contributed by atoms with Crippen LogP contribution < -0.4 is 5.32 Å². The van der Waals surface area contributed by atoms with Gasteiger partial charge >= 0.3 is 0 Å². The first-order valence-corrected chi connectivity index (χ1v) is 9.80. The molecule has 0 saturated heterocycles. The molecule has 1 heterocycles. The summed E-state index contributed by atoms with van der Waals surface area (Å²) in [5.74, 6) is 0.786. The third-order valence-corrected chi connectivity index (χ3v) is 5.67. The molecule has 9 heteroatoms. The van der Waals surface area contributed by atoms with Gasteiger partial charge in [-0.3, -0.25) is 10.1 Å². The van der Waals surface area contributed by atoms with Crippen LogP contribution in [0.15, 0.2) is 35.2 Å². The summed E-state index contributed by atoms with van der Waals surface area (Å²) in [5.41, 5.74) is 0.520. The maximum absolute atomic E-state index is 13.6. The zero-order chi connectivity index (χ0) is 16.7. The fourth-order valence-corrected chi connectivity index (χ4v) is 4.00. The second kappa shape index (κ2) is 9.27. The lowest BCUT2D eigenvalue weighted by Crippen LogP contribution is -2.14. The molecule has 4 nitrogen and oxygen atoms in total. The van der Waals surface area contributed by atoms with Gasteiger partial charge < -0.3 is 0 Å². The molecule has 1 aromatic heterocycles. The molecule has 0 aliphatic carbocycles. The Hall–Kier alpha value is -1.09. The number of hydrogen-bond donors (Lipinski definition) is 1. The molecular formula is C14H13ClFN3OS3. The number of benzene rings is 1. The number of nitrogens with one attached hydrogen (secondary N) is 1. The number of anilines is 1. The van der Waals surface area contributed by atoms with Crippen LogP contribution in [-0.4, -0.2) is 27.6 Å². The minimum atomic E-state index is -0.363. The van der Waals surface area contributed by atoms with Crippen molar-refractivity contribution >= 4 is 57.5 Å². The van der Waals surface area contributed by atoms with Gasteiger partial charge in [-0.1, -0.05) is 46.8 Å². The van der Waals surface area contributed by atoms with E-state index in [1.165, 1.54) is 40.9 Å². The van der Waals surface area contributed by atoms with E-state index in [2.05, 4.69) is 22.1 Å². The Labute approximate surface area is 150 Å². The predicted molar refractivity (Wildman–Crippen MR) is 97.0 cm³/mol. The molecule has 0 spiro atoms. The third kappa shape index (κ3) is 6.14. The SMILES string of the molecule is C=CCSc1nnc(NC(=O)CSCc2ccc(Cl)cc2F)s1. The van der Waals surface area contributed by atoms with Crippen molar-refractivity contribution in [3.63, 3.8) is 0 Å². The summed E-state index contributed by atoms with van der Waals surface area (Å²) < 4.78 is 14.4. The average molecular weight is 390 g/mol. The van der Waals surface area contributed by atoms with Gasteiger partial charge in [-0.15, -0.1) is 28.5 Å². The number of nitrogens with zero attached hydrogens (tertiary/aromatic N) is 2. The van der Waals surface area contributed by atoms with Crippen LogP contribution in [-0.2, 0) is 10.5 Å². The van der Waals surface area contributed by atoms with E-state index in [1.807, 2.05) is 0 Å². The molecule has 2 rings (SSSR count). The molecule has 0 fully saturated rings. The maximum Gasteiger partial charge on any atom is 0.236 e. The van der Waals surface area contributed by atoms with Gasteiger partial charge in [-0.25, -0.2) is 4.39 Å². The smallest absolute Gasteiger partial charge is 0.236 e. The van der Waals surface area contributed by atoms with Gasteiger partial charge in [0.15, 0.2) is 4.34 Å². The minimum absolute atomic E-state index is 0.194. The van der Waals surface area contributed by atoms with Crippen LogP contribution in [0.1, 0.15) is 5.56 Å². The molecule has 23 heavy (non-hydrogen) atoms. The highest BCUT2D eigenvalue weighted by molar-refractivity contribution is 8.01. The first-order chi connectivity index (χ1) is 11.1. The first kappa shape index (κ1) is 18.3. The van der Waals surface area contributed by atoms with Gasteiger partial charge in [0.25, 0.3) is 0 Å². The molecule has 0 atom stereocenters. The molecule has 0 aliphatic rings. The van der Waals surface area contributed by atoms with Crippen LogP contribution in [0, 0.1) is 5.82 Å². The van der Waals surface area contributed by atoms with Crippen molar-refractivity contribution in [1.29, 1.82) is 0 Å². The van der Waals surface area contributed by atoms with E-state index in [-0.39, 0.29) is 17.5 Å². The minimum Gasteiger partial charge on any atom is -0.300 e. The summed E-state index contributed by atoms with van der Waals surface area (Å²) in [6, 6.07) is 4.52. The van der Waals surface area contributed by atoms with Gasteiger partial charge in [0.1, 0.15) is 5.82 Å². The van der Waals surface area contributed by atoms with Crippen molar-refractivity contribution in [2.45, 2.75) is 10.1 Å². The fourth-order valence-electron chi connectivity index (χ4n) is 1.50. The van der Waals surface area contributed by atoms with Crippen LogP contribution in [0.3, 0.4) is 0 Å².